The highest BCUT2D eigenvalue weighted by molar-refractivity contribution is 5.76. The summed E-state index contributed by atoms with van der Waals surface area (Å²) in [6, 6.07) is 0. The number of ketones is 1. The standard InChI is InChI=1S/C8H12O2/c1-7(6-9)4-3-5-8(2)10/h6H,1,3-5H2,2H3. The van der Waals surface area contributed by atoms with Crippen LogP contribution in [0.1, 0.15) is 26.2 Å². The highest BCUT2D eigenvalue weighted by Crippen LogP contribution is 2.02. The third-order valence-corrected chi connectivity index (χ3v) is 1.19. The smallest absolute Gasteiger partial charge is 0.145 e. The van der Waals surface area contributed by atoms with E-state index in [4.69, 9.17) is 0 Å². The molecule has 0 aromatic heterocycles. The average molecular weight is 140 g/mol. The highest BCUT2D eigenvalue weighted by Gasteiger charge is 1.94. The molecule has 0 rings (SSSR count). The van der Waals surface area contributed by atoms with Crippen molar-refractivity contribution >= 4 is 12.1 Å². The first kappa shape index (κ1) is 9.08. The van der Waals surface area contributed by atoms with Gasteiger partial charge in [-0.15, -0.1) is 0 Å². The first-order chi connectivity index (χ1) is 4.66. The second-order valence-electron chi connectivity index (χ2n) is 2.33. The minimum absolute atomic E-state index is 0.165. The van der Waals surface area contributed by atoms with E-state index in [1.54, 1.807) is 6.92 Å². The number of carbonyl (C=O) groups is 2. The lowest BCUT2D eigenvalue weighted by molar-refractivity contribution is -0.117. The quantitative estimate of drug-likeness (QED) is 0.428. The molecule has 0 heterocycles. The van der Waals surface area contributed by atoms with Crippen LogP contribution in [0.5, 0.6) is 0 Å². The van der Waals surface area contributed by atoms with Crippen molar-refractivity contribution in [1.82, 2.24) is 0 Å². The van der Waals surface area contributed by atoms with Crippen LogP contribution in [0.4, 0.5) is 0 Å². The van der Waals surface area contributed by atoms with Crippen molar-refractivity contribution in [3.05, 3.63) is 12.2 Å². The molecule has 0 saturated carbocycles. The molecular formula is C8H12O2. The molecule has 0 aromatic carbocycles. The Labute approximate surface area is 60.9 Å². The first-order valence-corrected chi connectivity index (χ1v) is 3.29. The van der Waals surface area contributed by atoms with Gasteiger partial charge in [0.1, 0.15) is 12.1 Å². The molecule has 0 spiro atoms. The average Bonchev–Trinajstić information content (AvgIpc) is 1.87. The van der Waals surface area contributed by atoms with Gasteiger partial charge in [0, 0.05) is 6.42 Å². The number of hydrogen-bond donors (Lipinski definition) is 0. The van der Waals surface area contributed by atoms with Crippen molar-refractivity contribution < 1.29 is 9.59 Å². The van der Waals surface area contributed by atoms with Gasteiger partial charge in [0.25, 0.3) is 0 Å². The molecule has 2 nitrogen and oxygen atoms in total. The Bertz CT molecular complexity index is 147. The summed E-state index contributed by atoms with van der Waals surface area (Å²) in [5.41, 5.74) is 0.571. The van der Waals surface area contributed by atoms with Crippen LogP contribution >= 0.6 is 0 Å². The fourth-order valence-electron chi connectivity index (χ4n) is 0.623. The number of Topliss-reactive ketones (excluding diaryl/α,β-unsaturated/α-hetero) is 1. The molecule has 0 aliphatic carbocycles. The molecule has 0 unspecified atom stereocenters. The van der Waals surface area contributed by atoms with Crippen LogP contribution in [0, 0.1) is 0 Å². The van der Waals surface area contributed by atoms with E-state index < -0.39 is 0 Å². The minimum Gasteiger partial charge on any atom is -0.300 e. The molecule has 0 bridgehead atoms. The van der Waals surface area contributed by atoms with Gasteiger partial charge >= 0.3 is 0 Å². The zero-order valence-electron chi connectivity index (χ0n) is 6.22. The van der Waals surface area contributed by atoms with Crippen LogP contribution in [0.25, 0.3) is 0 Å². The van der Waals surface area contributed by atoms with E-state index in [1.807, 2.05) is 0 Å². The Balaban J connectivity index is 3.28. The molecule has 2 heteroatoms. The lowest BCUT2D eigenvalue weighted by Gasteiger charge is -1.93. The van der Waals surface area contributed by atoms with Gasteiger partial charge in [-0.05, 0) is 25.3 Å². The number of rotatable bonds is 5. The summed E-state index contributed by atoms with van der Waals surface area (Å²) in [5.74, 6) is 0.165. The van der Waals surface area contributed by atoms with Crippen LogP contribution < -0.4 is 0 Å². The van der Waals surface area contributed by atoms with Gasteiger partial charge in [-0.2, -0.15) is 0 Å². The molecular weight excluding hydrogens is 128 g/mol. The summed E-state index contributed by atoms with van der Waals surface area (Å²) in [7, 11) is 0. The second kappa shape index (κ2) is 4.91. The molecule has 0 atom stereocenters. The number of hydrogen-bond acceptors (Lipinski definition) is 2. The van der Waals surface area contributed by atoms with E-state index in [-0.39, 0.29) is 5.78 Å². The van der Waals surface area contributed by atoms with Gasteiger partial charge in [0.05, 0.1) is 0 Å². The number of allylic oxidation sites excluding steroid dienone is 1. The maximum absolute atomic E-state index is 10.4. The summed E-state index contributed by atoms with van der Waals surface area (Å²) in [5, 5.41) is 0. The van der Waals surface area contributed by atoms with Crippen LogP contribution in [0.3, 0.4) is 0 Å². The van der Waals surface area contributed by atoms with Gasteiger partial charge in [0.2, 0.25) is 0 Å². The van der Waals surface area contributed by atoms with Crippen molar-refractivity contribution in [3.8, 4) is 0 Å². The highest BCUT2D eigenvalue weighted by atomic mass is 16.1. The Morgan fingerprint density at radius 2 is 2.10 bits per heavy atom. The Kier molecular flexibility index (Phi) is 4.46. The van der Waals surface area contributed by atoms with Gasteiger partial charge in [-0.3, -0.25) is 4.79 Å². The zero-order valence-corrected chi connectivity index (χ0v) is 6.22. The fraction of sp³-hybridized carbons (Fsp3) is 0.500. The topological polar surface area (TPSA) is 34.1 Å². The third kappa shape index (κ3) is 5.22. The first-order valence-electron chi connectivity index (χ1n) is 3.29. The van der Waals surface area contributed by atoms with Gasteiger partial charge in [0.15, 0.2) is 0 Å². The SMILES string of the molecule is C=C(C=O)CCCC(C)=O. The zero-order chi connectivity index (χ0) is 7.98. The number of carbonyl (C=O) groups excluding carboxylic acids is 2. The van der Waals surface area contributed by atoms with E-state index in [9.17, 15) is 9.59 Å². The van der Waals surface area contributed by atoms with E-state index >= 15 is 0 Å². The molecule has 0 amide bonds. The lowest BCUT2D eigenvalue weighted by atomic mass is 10.1. The van der Waals surface area contributed by atoms with Gasteiger partial charge in [-0.25, -0.2) is 0 Å². The van der Waals surface area contributed by atoms with E-state index in [0.29, 0.717) is 18.4 Å². The number of aldehydes is 1. The van der Waals surface area contributed by atoms with Crippen molar-refractivity contribution in [2.24, 2.45) is 0 Å². The largest absolute Gasteiger partial charge is 0.300 e. The van der Waals surface area contributed by atoms with Crippen LogP contribution in [0.15, 0.2) is 12.2 Å². The predicted octanol–water partition coefficient (Wildman–Crippen LogP) is 1.50. The van der Waals surface area contributed by atoms with E-state index in [1.165, 1.54) is 0 Å². The summed E-state index contributed by atoms with van der Waals surface area (Å²) >= 11 is 0. The van der Waals surface area contributed by atoms with Crippen molar-refractivity contribution in [2.75, 3.05) is 0 Å². The summed E-state index contributed by atoms with van der Waals surface area (Å²) in [6.07, 6.45) is 2.67. The fourth-order valence-corrected chi connectivity index (χ4v) is 0.623. The van der Waals surface area contributed by atoms with E-state index in [0.717, 1.165) is 12.7 Å². The monoisotopic (exact) mass is 140 g/mol. The molecule has 0 radical (unpaired) electrons. The summed E-state index contributed by atoms with van der Waals surface area (Å²) in [4.78, 5) is 20.4. The molecule has 0 aliphatic heterocycles. The lowest BCUT2D eigenvalue weighted by Crippen LogP contribution is -1.90. The van der Waals surface area contributed by atoms with Crippen molar-refractivity contribution in [3.63, 3.8) is 0 Å². The molecule has 0 fully saturated rings. The van der Waals surface area contributed by atoms with Crippen molar-refractivity contribution in [2.45, 2.75) is 26.2 Å². The minimum atomic E-state index is 0.165. The summed E-state index contributed by atoms with van der Waals surface area (Å²) < 4.78 is 0. The molecule has 0 aromatic rings. The normalized spacial score (nSPS) is 8.90. The molecule has 0 saturated heterocycles. The Morgan fingerprint density at radius 1 is 1.50 bits per heavy atom. The van der Waals surface area contributed by atoms with Crippen LogP contribution in [0.2, 0.25) is 0 Å². The van der Waals surface area contributed by atoms with Crippen molar-refractivity contribution in [1.29, 1.82) is 0 Å². The van der Waals surface area contributed by atoms with Crippen LogP contribution in [-0.2, 0) is 9.59 Å². The van der Waals surface area contributed by atoms with Gasteiger partial charge in [-0.1, -0.05) is 6.58 Å². The Morgan fingerprint density at radius 3 is 2.50 bits per heavy atom. The Hall–Kier alpha value is -0.920. The molecule has 0 N–H and O–H groups in total. The van der Waals surface area contributed by atoms with Gasteiger partial charge < -0.3 is 4.79 Å². The maximum atomic E-state index is 10.4. The van der Waals surface area contributed by atoms with E-state index in [2.05, 4.69) is 6.58 Å². The summed E-state index contributed by atoms with van der Waals surface area (Å²) in [6.45, 7) is 5.04. The third-order valence-electron chi connectivity index (χ3n) is 1.19. The van der Waals surface area contributed by atoms with Crippen LogP contribution in [-0.4, -0.2) is 12.1 Å². The molecule has 56 valence electrons. The second-order valence-corrected chi connectivity index (χ2v) is 2.33. The molecule has 0 aliphatic rings. The maximum Gasteiger partial charge on any atom is 0.145 e. The predicted molar refractivity (Wildman–Crippen MR) is 39.7 cm³/mol. The molecule has 10 heavy (non-hydrogen) atoms.